The first-order valence-corrected chi connectivity index (χ1v) is 4.27. The number of aliphatic hydroxyl groups excluding tert-OH is 1. The molecule has 0 aromatic carbocycles. The molecule has 3 heteroatoms. The van der Waals surface area contributed by atoms with Crippen molar-refractivity contribution in [2.45, 2.75) is 31.8 Å². The fourth-order valence-corrected chi connectivity index (χ4v) is 1.65. The van der Waals surface area contributed by atoms with E-state index in [0.717, 1.165) is 25.8 Å². The topological polar surface area (TPSA) is 41.5 Å². The zero-order chi connectivity index (χ0) is 8.10. The second kappa shape index (κ2) is 4.70. The van der Waals surface area contributed by atoms with E-state index in [4.69, 9.17) is 4.84 Å². The third kappa shape index (κ3) is 3.18. The summed E-state index contributed by atoms with van der Waals surface area (Å²) in [5.74, 6) is 0.596. The Kier molecular flexibility index (Phi) is 3.83. The molecule has 0 bridgehead atoms. The van der Waals surface area contributed by atoms with Crippen LogP contribution < -0.4 is 5.48 Å². The Morgan fingerprint density at radius 1 is 1.55 bits per heavy atom. The molecular weight excluding hydrogens is 142 g/mol. The molecule has 2 unspecified atom stereocenters. The zero-order valence-electron chi connectivity index (χ0n) is 7.05. The summed E-state index contributed by atoms with van der Waals surface area (Å²) in [6.07, 6.45) is 4.19. The number of aliphatic hydroxyl groups is 1. The van der Waals surface area contributed by atoms with Gasteiger partial charge < -0.3 is 9.94 Å². The molecule has 3 nitrogen and oxygen atoms in total. The van der Waals surface area contributed by atoms with E-state index < -0.39 is 0 Å². The summed E-state index contributed by atoms with van der Waals surface area (Å²) in [5, 5.41) is 9.31. The molecule has 2 atom stereocenters. The highest BCUT2D eigenvalue weighted by Gasteiger charge is 2.19. The van der Waals surface area contributed by atoms with E-state index in [1.54, 1.807) is 7.11 Å². The molecule has 1 fully saturated rings. The molecule has 0 aliphatic heterocycles. The lowest BCUT2D eigenvalue weighted by Crippen LogP contribution is -2.28. The molecule has 1 saturated carbocycles. The lowest BCUT2D eigenvalue weighted by Gasteiger charge is -2.25. The summed E-state index contributed by atoms with van der Waals surface area (Å²) in [6.45, 7) is 0.869. The van der Waals surface area contributed by atoms with Crippen molar-refractivity contribution in [2.75, 3.05) is 13.7 Å². The van der Waals surface area contributed by atoms with Gasteiger partial charge in [-0.3, -0.25) is 0 Å². The molecule has 0 heterocycles. The van der Waals surface area contributed by atoms with E-state index in [1.165, 1.54) is 6.42 Å². The van der Waals surface area contributed by atoms with E-state index in [2.05, 4.69) is 5.48 Å². The second-order valence-corrected chi connectivity index (χ2v) is 3.24. The minimum Gasteiger partial charge on any atom is -0.393 e. The van der Waals surface area contributed by atoms with Crippen LogP contribution in [0.1, 0.15) is 25.7 Å². The highest BCUT2D eigenvalue weighted by atomic mass is 16.6. The van der Waals surface area contributed by atoms with Crippen molar-refractivity contribution in [3.63, 3.8) is 0 Å². The van der Waals surface area contributed by atoms with Crippen molar-refractivity contribution >= 4 is 0 Å². The first kappa shape index (κ1) is 8.97. The van der Waals surface area contributed by atoms with Crippen LogP contribution in [0.25, 0.3) is 0 Å². The molecule has 0 aromatic heterocycles. The maximum absolute atomic E-state index is 9.31. The third-order valence-corrected chi connectivity index (χ3v) is 2.27. The van der Waals surface area contributed by atoms with Crippen LogP contribution in [0.15, 0.2) is 0 Å². The Labute approximate surface area is 67.7 Å². The molecule has 1 aliphatic carbocycles. The molecular formula is C8H17NO2. The molecule has 1 rings (SSSR count). The van der Waals surface area contributed by atoms with Gasteiger partial charge in [0, 0.05) is 6.54 Å². The number of rotatable bonds is 3. The van der Waals surface area contributed by atoms with Crippen molar-refractivity contribution in [1.29, 1.82) is 0 Å². The molecule has 0 aromatic rings. The molecule has 1 aliphatic rings. The van der Waals surface area contributed by atoms with E-state index in [-0.39, 0.29) is 6.10 Å². The minimum absolute atomic E-state index is 0.0765. The minimum atomic E-state index is -0.0765. The summed E-state index contributed by atoms with van der Waals surface area (Å²) in [4.78, 5) is 4.75. The lowest BCUT2D eigenvalue weighted by atomic mass is 9.87. The lowest BCUT2D eigenvalue weighted by molar-refractivity contribution is 0.0508. The Balaban J connectivity index is 2.12. The second-order valence-electron chi connectivity index (χ2n) is 3.24. The Hall–Kier alpha value is -0.120. The van der Waals surface area contributed by atoms with Crippen LogP contribution in [0.4, 0.5) is 0 Å². The highest BCUT2D eigenvalue weighted by molar-refractivity contribution is 4.72. The normalized spacial score (nSPS) is 32.2. The van der Waals surface area contributed by atoms with Gasteiger partial charge in [-0.05, 0) is 25.2 Å². The number of hydrogen-bond donors (Lipinski definition) is 2. The van der Waals surface area contributed by atoms with Gasteiger partial charge in [0.25, 0.3) is 0 Å². The summed E-state index contributed by atoms with van der Waals surface area (Å²) in [7, 11) is 1.62. The van der Waals surface area contributed by atoms with Crippen LogP contribution in [0.2, 0.25) is 0 Å². The third-order valence-electron chi connectivity index (χ3n) is 2.27. The highest BCUT2D eigenvalue weighted by Crippen LogP contribution is 2.23. The maximum Gasteiger partial charge on any atom is 0.0572 e. The van der Waals surface area contributed by atoms with Gasteiger partial charge in [-0.2, -0.15) is 0 Å². The molecule has 0 amide bonds. The summed E-state index contributed by atoms with van der Waals surface area (Å²) < 4.78 is 0. The van der Waals surface area contributed by atoms with E-state index in [0.29, 0.717) is 5.92 Å². The van der Waals surface area contributed by atoms with Crippen LogP contribution in [0.5, 0.6) is 0 Å². The Morgan fingerprint density at radius 3 is 3.00 bits per heavy atom. The summed E-state index contributed by atoms with van der Waals surface area (Å²) >= 11 is 0. The average molecular weight is 159 g/mol. The van der Waals surface area contributed by atoms with Crippen LogP contribution in [0.3, 0.4) is 0 Å². The summed E-state index contributed by atoms with van der Waals surface area (Å²) in [6, 6.07) is 0. The largest absolute Gasteiger partial charge is 0.393 e. The maximum atomic E-state index is 9.31. The molecule has 2 N–H and O–H groups in total. The van der Waals surface area contributed by atoms with Gasteiger partial charge in [0.1, 0.15) is 0 Å². The van der Waals surface area contributed by atoms with Crippen LogP contribution in [-0.4, -0.2) is 24.9 Å². The van der Waals surface area contributed by atoms with Crippen molar-refractivity contribution in [3.05, 3.63) is 0 Å². The van der Waals surface area contributed by atoms with Gasteiger partial charge >= 0.3 is 0 Å². The van der Waals surface area contributed by atoms with Gasteiger partial charge in [-0.25, -0.2) is 5.48 Å². The molecule has 0 saturated heterocycles. The monoisotopic (exact) mass is 159 g/mol. The van der Waals surface area contributed by atoms with Crippen LogP contribution >= 0.6 is 0 Å². The van der Waals surface area contributed by atoms with Gasteiger partial charge in [0.15, 0.2) is 0 Å². The molecule has 11 heavy (non-hydrogen) atoms. The van der Waals surface area contributed by atoms with Crippen molar-refractivity contribution in [1.82, 2.24) is 5.48 Å². The first-order chi connectivity index (χ1) is 5.33. The SMILES string of the molecule is CONCC1CCCC(O)C1. The average Bonchev–Trinajstić information content (AvgIpc) is 2.01. The zero-order valence-corrected chi connectivity index (χ0v) is 7.05. The molecule has 66 valence electrons. The van der Waals surface area contributed by atoms with Crippen LogP contribution in [-0.2, 0) is 4.84 Å². The Bertz CT molecular complexity index is 108. The number of hydroxylamine groups is 1. The predicted octanol–water partition coefficient (Wildman–Crippen LogP) is 0.688. The van der Waals surface area contributed by atoms with Crippen LogP contribution in [0, 0.1) is 5.92 Å². The standard InChI is InChI=1S/C8H17NO2/c1-11-9-6-7-3-2-4-8(10)5-7/h7-10H,2-6H2,1H3. The molecule has 0 radical (unpaired) electrons. The van der Waals surface area contributed by atoms with Gasteiger partial charge in [-0.15, -0.1) is 0 Å². The molecule has 0 spiro atoms. The Morgan fingerprint density at radius 2 is 2.36 bits per heavy atom. The van der Waals surface area contributed by atoms with E-state index >= 15 is 0 Å². The van der Waals surface area contributed by atoms with Gasteiger partial charge in [0.05, 0.1) is 13.2 Å². The number of hydrogen-bond acceptors (Lipinski definition) is 3. The van der Waals surface area contributed by atoms with E-state index in [1.807, 2.05) is 0 Å². The quantitative estimate of drug-likeness (QED) is 0.595. The van der Waals surface area contributed by atoms with Gasteiger partial charge in [-0.1, -0.05) is 6.42 Å². The van der Waals surface area contributed by atoms with E-state index in [9.17, 15) is 5.11 Å². The van der Waals surface area contributed by atoms with Crippen molar-refractivity contribution < 1.29 is 9.94 Å². The fraction of sp³-hybridized carbons (Fsp3) is 1.00. The first-order valence-electron chi connectivity index (χ1n) is 4.27. The fourth-order valence-electron chi connectivity index (χ4n) is 1.65. The van der Waals surface area contributed by atoms with Crippen molar-refractivity contribution in [3.8, 4) is 0 Å². The smallest absolute Gasteiger partial charge is 0.0572 e. The van der Waals surface area contributed by atoms with Gasteiger partial charge in [0.2, 0.25) is 0 Å². The number of nitrogens with one attached hydrogen (secondary N) is 1. The van der Waals surface area contributed by atoms with Crippen molar-refractivity contribution in [2.24, 2.45) is 5.92 Å². The summed E-state index contributed by atoms with van der Waals surface area (Å²) in [5.41, 5.74) is 2.83. The predicted molar refractivity (Wildman–Crippen MR) is 43.0 cm³/mol.